The molecule has 1 unspecified atom stereocenters. The van der Waals surface area contributed by atoms with Crippen molar-refractivity contribution in [1.29, 1.82) is 0 Å². The minimum absolute atomic E-state index is 0.357. The summed E-state index contributed by atoms with van der Waals surface area (Å²) >= 11 is 0. The van der Waals surface area contributed by atoms with Gasteiger partial charge in [0.25, 0.3) is 0 Å². The Kier molecular flexibility index (Phi) is 6.30. The van der Waals surface area contributed by atoms with Crippen LogP contribution in [0.4, 0.5) is 4.79 Å². The number of hydrogen-bond acceptors (Lipinski definition) is 2. The van der Waals surface area contributed by atoms with Gasteiger partial charge < -0.3 is 15.7 Å². The van der Waals surface area contributed by atoms with E-state index >= 15 is 0 Å². The first kappa shape index (κ1) is 16.8. The van der Waals surface area contributed by atoms with Crippen molar-refractivity contribution in [3.63, 3.8) is 0 Å². The number of rotatable bonds is 6. The third-order valence-corrected chi connectivity index (χ3v) is 4.28. The van der Waals surface area contributed by atoms with Gasteiger partial charge >= 0.3 is 12.0 Å². The fraction of sp³-hybridized carbons (Fsp3) is 0.867. The summed E-state index contributed by atoms with van der Waals surface area (Å²) in [7, 11) is 0. The van der Waals surface area contributed by atoms with Crippen molar-refractivity contribution in [3.05, 3.63) is 0 Å². The third-order valence-electron chi connectivity index (χ3n) is 4.28. The Morgan fingerprint density at radius 3 is 2.45 bits per heavy atom. The average Bonchev–Trinajstić information content (AvgIpc) is 2.39. The topological polar surface area (TPSA) is 78.4 Å². The van der Waals surface area contributed by atoms with Gasteiger partial charge in [0.15, 0.2) is 0 Å². The Labute approximate surface area is 121 Å². The van der Waals surface area contributed by atoms with Crippen molar-refractivity contribution in [2.45, 2.75) is 64.8 Å². The van der Waals surface area contributed by atoms with Gasteiger partial charge in [0, 0.05) is 6.54 Å². The Morgan fingerprint density at radius 2 is 1.95 bits per heavy atom. The average molecular weight is 284 g/mol. The molecule has 0 aromatic heterocycles. The molecule has 116 valence electrons. The Bertz CT molecular complexity index is 336. The summed E-state index contributed by atoms with van der Waals surface area (Å²) in [5.74, 6) is 0.0379. The Balaban J connectivity index is 2.50. The third kappa shape index (κ3) is 4.69. The van der Waals surface area contributed by atoms with E-state index < -0.39 is 11.5 Å². The molecule has 5 nitrogen and oxygen atoms in total. The summed E-state index contributed by atoms with van der Waals surface area (Å²) in [6.07, 6.45) is 4.86. The molecule has 0 aromatic rings. The number of carboxylic acid groups (broad SMARTS) is 1. The van der Waals surface area contributed by atoms with E-state index in [1.54, 1.807) is 0 Å². The fourth-order valence-electron chi connectivity index (χ4n) is 2.77. The Morgan fingerprint density at radius 1 is 1.35 bits per heavy atom. The van der Waals surface area contributed by atoms with E-state index in [1.807, 2.05) is 0 Å². The molecule has 0 aromatic carbocycles. The molecule has 5 heteroatoms. The van der Waals surface area contributed by atoms with Crippen LogP contribution in [0.2, 0.25) is 0 Å². The molecule has 1 saturated carbocycles. The van der Waals surface area contributed by atoms with Crippen LogP contribution >= 0.6 is 0 Å². The molecule has 0 bridgehead atoms. The second kappa shape index (κ2) is 7.50. The number of carbonyl (C=O) groups excluding carboxylic acids is 1. The summed E-state index contributed by atoms with van der Waals surface area (Å²) in [5, 5.41) is 14.9. The van der Waals surface area contributed by atoms with Gasteiger partial charge in [-0.15, -0.1) is 0 Å². The van der Waals surface area contributed by atoms with Crippen LogP contribution in [-0.4, -0.2) is 29.2 Å². The first-order valence-corrected chi connectivity index (χ1v) is 7.69. The highest BCUT2D eigenvalue weighted by Crippen LogP contribution is 2.32. The van der Waals surface area contributed by atoms with E-state index in [0.717, 1.165) is 25.7 Å². The number of carbonyl (C=O) groups is 2. The van der Waals surface area contributed by atoms with Crippen molar-refractivity contribution in [3.8, 4) is 0 Å². The maximum absolute atomic E-state index is 11.9. The monoisotopic (exact) mass is 284 g/mol. The van der Waals surface area contributed by atoms with E-state index in [0.29, 0.717) is 31.2 Å². The minimum atomic E-state index is -1.08. The van der Waals surface area contributed by atoms with Gasteiger partial charge in [0.2, 0.25) is 0 Å². The van der Waals surface area contributed by atoms with Gasteiger partial charge in [0.05, 0.1) is 0 Å². The lowest BCUT2D eigenvalue weighted by atomic mass is 9.77. The molecule has 0 spiro atoms. The highest BCUT2D eigenvalue weighted by Gasteiger charge is 2.42. The molecule has 0 heterocycles. The standard InChI is InChI=1S/C15H28N2O3/c1-4-5-12(3)10-16-14(20)17-15(13(18)19)8-6-11(2)7-9-15/h11-12H,4-10H2,1-3H3,(H,18,19)(H2,16,17,20). The Hall–Kier alpha value is -1.26. The zero-order valence-electron chi connectivity index (χ0n) is 12.9. The molecule has 0 aliphatic heterocycles. The van der Waals surface area contributed by atoms with Crippen LogP contribution in [0.25, 0.3) is 0 Å². The lowest BCUT2D eigenvalue weighted by Gasteiger charge is -2.36. The molecular weight excluding hydrogens is 256 g/mol. The molecule has 20 heavy (non-hydrogen) atoms. The van der Waals surface area contributed by atoms with Crippen molar-refractivity contribution < 1.29 is 14.7 Å². The molecule has 0 radical (unpaired) electrons. The zero-order valence-corrected chi connectivity index (χ0v) is 12.9. The summed E-state index contributed by atoms with van der Waals surface area (Å²) in [6, 6.07) is -0.357. The van der Waals surface area contributed by atoms with Crippen LogP contribution < -0.4 is 10.6 Å². The zero-order chi connectivity index (χ0) is 15.2. The van der Waals surface area contributed by atoms with Crippen molar-refractivity contribution in [2.75, 3.05) is 6.54 Å². The van der Waals surface area contributed by atoms with Crippen molar-refractivity contribution in [2.24, 2.45) is 11.8 Å². The molecule has 0 saturated heterocycles. The molecule has 1 rings (SSSR count). The molecule has 1 aliphatic carbocycles. The highest BCUT2D eigenvalue weighted by atomic mass is 16.4. The molecule has 1 atom stereocenters. The SMILES string of the molecule is CCCC(C)CNC(=O)NC1(C(=O)O)CCC(C)CC1. The van der Waals surface area contributed by atoms with Gasteiger partial charge in [-0.25, -0.2) is 9.59 Å². The number of carboxylic acids is 1. The minimum Gasteiger partial charge on any atom is -0.480 e. The quantitative estimate of drug-likeness (QED) is 0.701. The molecule has 1 aliphatic rings. The predicted molar refractivity (Wildman–Crippen MR) is 78.6 cm³/mol. The highest BCUT2D eigenvalue weighted by molar-refractivity contribution is 5.86. The molecule has 1 fully saturated rings. The number of urea groups is 1. The molecule has 3 N–H and O–H groups in total. The smallest absolute Gasteiger partial charge is 0.329 e. The van der Waals surface area contributed by atoms with Crippen LogP contribution in [0.15, 0.2) is 0 Å². The van der Waals surface area contributed by atoms with Gasteiger partial charge in [-0.3, -0.25) is 0 Å². The van der Waals surface area contributed by atoms with Crippen LogP contribution in [0.3, 0.4) is 0 Å². The second-order valence-electron chi connectivity index (χ2n) is 6.30. The van der Waals surface area contributed by atoms with Crippen molar-refractivity contribution in [1.82, 2.24) is 10.6 Å². The molecule has 2 amide bonds. The van der Waals surface area contributed by atoms with Gasteiger partial charge in [-0.1, -0.05) is 27.2 Å². The largest absolute Gasteiger partial charge is 0.480 e. The fourth-order valence-corrected chi connectivity index (χ4v) is 2.77. The van der Waals surface area contributed by atoms with E-state index in [2.05, 4.69) is 31.4 Å². The lowest BCUT2D eigenvalue weighted by molar-refractivity contribution is -0.146. The summed E-state index contributed by atoms with van der Waals surface area (Å²) in [5.41, 5.74) is -1.08. The lowest BCUT2D eigenvalue weighted by Crippen LogP contribution is -2.58. The van der Waals surface area contributed by atoms with Crippen LogP contribution in [0, 0.1) is 11.8 Å². The number of hydrogen-bond donors (Lipinski definition) is 3. The number of aliphatic carboxylic acids is 1. The normalized spacial score (nSPS) is 27.6. The number of nitrogens with one attached hydrogen (secondary N) is 2. The second-order valence-corrected chi connectivity index (χ2v) is 6.30. The summed E-state index contributed by atoms with van der Waals surface area (Å²) < 4.78 is 0. The maximum Gasteiger partial charge on any atom is 0.329 e. The van der Waals surface area contributed by atoms with Gasteiger partial charge in [-0.2, -0.15) is 0 Å². The van der Waals surface area contributed by atoms with E-state index in [9.17, 15) is 14.7 Å². The van der Waals surface area contributed by atoms with Crippen LogP contribution in [0.5, 0.6) is 0 Å². The maximum atomic E-state index is 11.9. The molecular formula is C15H28N2O3. The van der Waals surface area contributed by atoms with E-state index in [-0.39, 0.29) is 6.03 Å². The summed E-state index contributed by atoms with van der Waals surface area (Å²) in [4.78, 5) is 23.4. The van der Waals surface area contributed by atoms with Crippen LogP contribution in [0.1, 0.15) is 59.3 Å². The number of amides is 2. The first-order valence-electron chi connectivity index (χ1n) is 7.69. The summed E-state index contributed by atoms with van der Waals surface area (Å²) in [6.45, 7) is 6.91. The van der Waals surface area contributed by atoms with E-state index in [1.165, 1.54) is 0 Å². The van der Waals surface area contributed by atoms with Gasteiger partial charge in [0.1, 0.15) is 5.54 Å². The predicted octanol–water partition coefficient (Wildman–Crippen LogP) is 2.76. The van der Waals surface area contributed by atoms with E-state index in [4.69, 9.17) is 0 Å². The van der Waals surface area contributed by atoms with Crippen LogP contribution in [-0.2, 0) is 4.79 Å². The first-order chi connectivity index (χ1) is 9.39. The van der Waals surface area contributed by atoms with Gasteiger partial charge in [-0.05, 0) is 43.9 Å². The van der Waals surface area contributed by atoms with Crippen molar-refractivity contribution >= 4 is 12.0 Å².